The maximum absolute atomic E-state index is 9.58. The zero-order valence-electron chi connectivity index (χ0n) is 21.9. The molecule has 3 aliphatic rings. The number of anilines is 2. The van der Waals surface area contributed by atoms with Crippen molar-refractivity contribution in [3.05, 3.63) is 23.7 Å². The van der Waals surface area contributed by atoms with Gasteiger partial charge in [0.1, 0.15) is 16.3 Å². The molecule has 37 heavy (non-hydrogen) atoms. The largest absolute Gasteiger partial charge is 0.396 e. The molecule has 3 N–H and O–H groups in total. The summed E-state index contributed by atoms with van der Waals surface area (Å²) in [6, 6.07) is 2.07. The normalized spacial score (nSPS) is 25.4. The Labute approximate surface area is 222 Å². The number of aliphatic hydroxyl groups excluding tert-OH is 1. The second-order valence-electron chi connectivity index (χ2n) is 11.1. The molecule has 0 aliphatic heterocycles. The van der Waals surface area contributed by atoms with Gasteiger partial charge in [0.15, 0.2) is 0 Å². The van der Waals surface area contributed by atoms with Crippen molar-refractivity contribution < 1.29 is 9.84 Å². The number of hydrogen-bond donors (Lipinski definition) is 3. The topological polar surface area (TPSA) is 105 Å². The third kappa shape index (κ3) is 5.45. The van der Waals surface area contributed by atoms with E-state index in [0.29, 0.717) is 35.7 Å². The van der Waals surface area contributed by atoms with Crippen molar-refractivity contribution in [1.29, 1.82) is 0 Å². The molecule has 3 heterocycles. The molecule has 0 amide bonds. The smallest absolute Gasteiger partial charge is 0.224 e. The molecule has 0 unspecified atom stereocenters. The number of nitrogens with one attached hydrogen (secondary N) is 2. The van der Waals surface area contributed by atoms with E-state index in [1.165, 1.54) is 17.5 Å². The molecule has 2 atom stereocenters. The minimum Gasteiger partial charge on any atom is -0.396 e. The predicted molar refractivity (Wildman–Crippen MR) is 148 cm³/mol. The number of aliphatic hydroxyl groups is 1. The zero-order chi connectivity index (χ0) is 25.4. The van der Waals surface area contributed by atoms with Gasteiger partial charge in [-0.3, -0.25) is 4.98 Å². The lowest BCUT2D eigenvalue weighted by atomic mass is 9.82. The lowest BCUT2D eigenvalue weighted by Gasteiger charge is -2.35. The van der Waals surface area contributed by atoms with E-state index in [-0.39, 0.29) is 6.61 Å². The third-order valence-corrected chi connectivity index (χ3v) is 9.25. The molecule has 198 valence electrons. The van der Waals surface area contributed by atoms with Gasteiger partial charge in [0.2, 0.25) is 5.95 Å². The van der Waals surface area contributed by atoms with Gasteiger partial charge in [0.25, 0.3) is 0 Å². The number of aromatic nitrogens is 4. The molecular weight excluding hydrogens is 484 g/mol. The van der Waals surface area contributed by atoms with Crippen LogP contribution >= 0.6 is 11.3 Å². The molecule has 3 aromatic heterocycles. The average Bonchev–Trinajstić information content (AvgIpc) is 3.45. The third-order valence-electron chi connectivity index (χ3n) is 8.21. The fourth-order valence-electron chi connectivity index (χ4n) is 5.89. The van der Waals surface area contributed by atoms with E-state index in [1.54, 1.807) is 11.3 Å². The Morgan fingerprint density at radius 3 is 2.57 bits per heavy atom. The van der Waals surface area contributed by atoms with Gasteiger partial charge in [0.05, 0.1) is 27.8 Å². The van der Waals surface area contributed by atoms with E-state index in [1.807, 2.05) is 6.20 Å². The lowest BCUT2D eigenvalue weighted by Crippen LogP contribution is -2.35. The lowest BCUT2D eigenvalue weighted by molar-refractivity contribution is -0.0205. The van der Waals surface area contributed by atoms with Crippen LogP contribution < -0.4 is 10.6 Å². The molecule has 0 radical (unpaired) electrons. The van der Waals surface area contributed by atoms with Gasteiger partial charge in [-0.15, -0.1) is 11.3 Å². The van der Waals surface area contributed by atoms with Gasteiger partial charge in [-0.2, -0.15) is 4.98 Å². The second kappa shape index (κ2) is 10.8. The highest BCUT2D eigenvalue weighted by Gasteiger charge is 2.31. The van der Waals surface area contributed by atoms with Crippen molar-refractivity contribution in [2.45, 2.75) is 70.8 Å². The summed E-state index contributed by atoms with van der Waals surface area (Å²) in [5, 5.41) is 17.7. The highest BCUT2D eigenvalue weighted by atomic mass is 32.1. The predicted octanol–water partition coefficient (Wildman–Crippen LogP) is 5.38. The fraction of sp³-hybridized carbons (Fsp3) is 0.643. The summed E-state index contributed by atoms with van der Waals surface area (Å²) >= 11 is 1.70. The first kappa shape index (κ1) is 24.9. The summed E-state index contributed by atoms with van der Waals surface area (Å²) in [5.74, 6) is 3.64. The first-order valence-electron chi connectivity index (χ1n) is 14.0. The molecule has 3 fully saturated rings. The van der Waals surface area contributed by atoms with Crippen molar-refractivity contribution >= 4 is 33.3 Å². The van der Waals surface area contributed by atoms with Crippen molar-refractivity contribution in [3.8, 4) is 10.6 Å². The number of ether oxygens (including phenoxy) is 1. The summed E-state index contributed by atoms with van der Waals surface area (Å²) < 4.78 is 6.89. The summed E-state index contributed by atoms with van der Waals surface area (Å²) in [7, 11) is 0. The molecule has 0 spiro atoms. The Morgan fingerprint density at radius 1 is 1.00 bits per heavy atom. The van der Waals surface area contributed by atoms with Crippen molar-refractivity contribution in [2.24, 2.45) is 17.8 Å². The van der Waals surface area contributed by atoms with E-state index < -0.39 is 0 Å². The number of rotatable bonds is 11. The second-order valence-corrected chi connectivity index (χ2v) is 12.1. The number of thiazole rings is 1. The van der Waals surface area contributed by atoms with Gasteiger partial charge in [-0.05, 0) is 82.6 Å². The minimum absolute atomic E-state index is 0.289. The maximum Gasteiger partial charge on any atom is 0.224 e. The highest BCUT2D eigenvalue weighted by molar-refractivity contribution is 7.21. The molecule has 8 nitrogen and oxygen atoms in total. The van der Waals surface area contributed by atoms with Gasteiger partial charge in [-0.1, -0.05) is 0 Å². The average molecular weight is 523 g/mol. The number of nitrogens with zero attached hydrogens (tertiary/aromatic N) is 4. The Morgan fingerprint density at radius 2 is 1.81 bits per heavy atom. The Kier molecular flexibility index (Phi) is 7.27. The zero-order valence-corrected chi connectivity index (χ0v) is 22.7. The number of pyridine rings is 1. The summed E-state index contributed by atoms with van der Waals surface area (Å²) in [6.07, 6.45) is 10.2. The van der Waals surface area contributed by atoms with Gasteiger partial charge < -0.3 is 20.5 Å². The molecule has 0 aromatic carbocycles. The van der Waals surface area contributed by atoms with Gasteiger partial charge in [0, 0.05) is 38.4 Å². The summed E-state index contributed by atoms with van der Waals surface area (Å²) in [4.78, 5) is 19.6. The van der Waals surface area contributed by atoms with Crippen LogP contribution in [-0.2, 0) is 4.74 Å². The highest BCUT2D eigenvalue weighted by Crippen LogP contribution is 2.44. The van der Waals surface area contributed by atoms with Crippen LogP contribution in [0, 0.1) is 24.7 Å². The molecule has 6 rings (SSSR count). The van der Waals surface area contributed by atoms with Crippen LogP contribution in [0.1, 0.15) is 69.2 Å². The van der Waals surface area contributed by atoms with Crippen molar-refractivity contribution in [2.75, 3.05) is 36.9 Å². The Bertz CT molecular complexity index is 1240. The summed E-state index contributed by atoms with van der Waals surface area (Å²) in [5.41, 5.74) is 4.09. The van der Waals surface area contributed by atoms with Crippen LogP contribution in [0.2, 0.25) is 0 Å². The fourth-order valence-corrected chi connectivity index (χ4v) is 6.96. The quantitative estimate of drug-likeness (QED) is 0.308. The molecule has 9 heteroatoms. The van der Waals surface area contributed by atoms with E-state index in [9.17, 15) is 5.11 Å². The maximum atomic E-state index is 9.58. The van der Waals surface area contributed by atoms with E-state index in [2.05, 4.69) is 35.5 Å². The molecule has 0 saturated heterocycles. The SMILES string of the molecule is CCOC1CC(CNc2nc(C)c(-c3nc4c(C5CC5)nccc4s3)c(NC[C@H]3CC[C@@H](CO)C3)n2)C1. The number of hydrogen-bond acceptors (Lipinski definition) is 9. The van der Waals surface area contributed by atoms with Crippen LogP contribution in [0.4, 0.5) is 11.8 Å². The molecule has 3 saturated carbocycles. The monoisotopic (exact) mass is 522 g/mol. The van der Waals surface area contributed by atoms with E-state index >= 15 is 0 Å². The van der Waals surface area contributed by atoms with Crippen LogP contribution in [0.3, 0.4) is 0 Å². The van der Waals surface area contributed by atoms with Crippen molar-refractivity contribution in [1.82, 2.24) is 19.9 Å². The standard InChI is InChI=1S/C28H38N6O2S/c1-3-36-21-11-19(12-21)14-31-28-32-16(2)23(26(34-28)30-13-17-4-5-18(10-17)15-35)27-33-25-22(37-27)8-9-29-24(25)20-6-7-20/h8-9,17-21,35H,3-7,10-15H2,1-2H3,(H2,30,31,32,34)/t17-,18+,19?,21?/m0/s1. The van der Waals surface area contributed by atoms with Crippen LogP contribution in [-0.4, -0.2) is 57.4 Å². The van der Waals surface area contributed by atoms with E-state index in [4.69, 9.17) is 19.7 Å². The van der Waals surface area contributed by atoms with Crippen LogP contribution in [0.25, 0.3) is 20.8 Å². The Hall–Kier alpha value is -2.36. The summed E-state index contributed by atoms with van der Waals surface area (Å²) in [6.45, 7) is 6.90. The van der Waals surface area contributed by atoms with Crippen molar-refractivity contribution in [3.63, 3.8) is 0 Å². The number of fused-ring (bicyclic) bond motifs is 1. The first-order chi connectivity index (χ1) is 18.1. The molecule has 0 bridgehead atoms. The molecule has 3 aliphatic carbocycles. The molecule has 3 aromatic rings. The van der Waals surface area contributed by atoms with Crippen LogP contribution in [0.15, 0.2) is 12.3 Å². The molecular formula is C28H38N6O2S. The number of aryl methyl sites for hydroxylation is 1. The van der Waals surface area contributed by atoms with Crippen LogP contribution in [0.5, 0.6) is 0 Å². The van der Waals surface area contributed by atoms with Gasteiger partial charge in [-0.25, -0.2) is 9.97 Å². The Balaban J connectivity index is 1.25. The first-order valence-corrected chi connectivity index (χ1v) is 14.8. The minimum atomic E-state index is 0.289. The van der Waals surface area contributed by atoms with E-state index in [0.717, 1.165) is 85.1 Å². The van der Waals surface area contributed by atoms with Gasteiger partial charge >= 0.3 is 0 Å².